The number of fused-ring (bicyclic) bond motifs is 1. The summed E-state index contributed by atoms with van der Waals surface area (Å²) in [5.41, 5.74) is 11.8. The third-order valence-electron chi connectivity index (χ3n) is 4.63. The van der Waals surface area contributed by atoms with E-state index in [2.05, 4.69) is 15.0 Å². The molecule has 0 unspecified atom stereocenters. The lowest BCUT2D eigenvalue weighted by atomic mass is 10.1. The van der Waals surface area contributed by atoms with Crippen LogP contribution in [0.3, 0.4) is 0 Å². The maximum Gasteiger partial charge on any atom is 0.362 e. The third kappa shape index (κ3) is 4.35. The molecule has 7 N–H and O–H groups in total. The van der Waals surface area contributed by atoms with Crippen LogP contribution >= 0.6 is 0 Å². The minimum Gasteiger partial charge on any atom is -0.387 e. The molecule has 30 heavy (non-hydrogen) atoms. The van der Waals surface area contributed by atoms with Crippen LogP contribution in [0.2, 0.25) is 0 Å². The van der Waals surface area contributed by atoms with Crippen molar-refractivity contribution < 1.29 is 32.3 Å². The van der Waals surface area contributed by atoms with Gasteiger partial charge in [0.2, 0.25) is 0 Å². The van der Waals surface area contributed by atoms with E-state index in [-0.39, 0.29) is 22.9 Å². The maximum absolute atomic E-state index is 12.0. The second-order valence-corrected chi connectivity index (χ2v) is 8.45. The molecular weight excluding hydrogens is 422 g/mol. The second kappa shape index (κ2) is 8.37. The Kier molecular flexibility index (Phi) is 6.21. The number of carbonyl (C=O) groups excluding carboxylic acids is 1. The number of anilines is 1. The van der Waals surface area contributed by atoms with E-state index in [1.54, 1.807) is 18.6 Å². The minimum atomic E-state index is -4.51. The average Bonchev–Trinajstić information content (AvgIpc) is 3.22. The molecule has 0 saturated carbocycles. The van der Waals surface area contributed by atoms with Gasteiger partial charge >= 0.3 is 10.3 Å². The molecule has 1 saturated heterocycles. The summed E-state index contributed by atoms with van der Waals surface area (Å²) in [6.07, 6.45) is -2.81. The minimum absolute atomic E-state index is 0.119. The van der Waals surface area contributed by atoms with Crippen molar-refractivity contribution in [3.8, 4) is 0 Å². The molecule has 3 rings (SSSR count). The van der Waals surface area contributed by atoms with Gasteiger partial charge in [-0.2, -0.15) is 8.42 Å². The predicted octanol–water partition coefficient (Wildman–Crippen LogP) is -2.61. The number of nitrogens with two attached hydrogens (primary N) is 2. The zero-order valence-electron chi connectivity index (χ0n) is 16.1. The van der Waals surface area contributed by atoms with Crippen LogP contribution in [0.5, 0.6) is 0 Å². The van der Waals surface area contributed by atoms with Crippen LogP contribution in [0.25, 0.3) is 11.2 Å². The van der Waals surface area contributed by atoms with Gasteiger partial charge in [0.25, 0.3) is 5.91 Å². The van der Waals surface area contributed by atoms with Crippen LogP contribution in [0.4, 0.5) is 5.82 Å². The fourth-order valence-electron chi connectivity index (χ4n) is 2.83. The monoisotopic (exact) mass is 445 g/mol. The smallest absolute Gasteiger partial charge is 0.362 e. The second-order valence-electron chi connectivity index (χ2n) is 7.10. The van der Waals surface area contributed by atoms with Crippen LogP contribution in [0.15, 0.2) is 12.7 Å². The number of carbonyl (C=O) groups is 1. The van der Waals surface area contributed by atoms with Crippen molar-refractivity contribution >= 4 is 33.2 Å². The van der Waals surface area contributed by atoms with E-state index in [4.69, 9.17) is 20.4 Å². The van der Waals surface area contributed by atoms with Crippen molar-refractivity contribution in [1.82, 2.24) is 24.2 Å². The van der Waals surface area contributed by atoms with E-state index in [0.29, 0.717) is 0 Å². The summed E-state index contributed by atoms with van der Waals surface area (Å²) in [5.74, 6) is -1.11. The molecule has 1 amide bonds. The standard InChI is InChI=1S/C15H23N7O7S/c1-6(2)8(16)14(25)21-30(26,27)28-3-7-10(23)11(24)15(29-7)22-5-20-9-12(17)18-4-19-13(9)22/h4-8,10-11,15,23-24H,3,16H2,1-2H3,(H,21,25)(H2,17,18,19)/t7-,8-,10-,11-,15-/m1/s1. The molecule has 1 fully saturated rings. The van der Waals surface area contributed by atoms with Crippen molar-refractivity contribution in [3.63, 3.8) is 0 Å². The number of nitrogens with one attached hydrogen (secondary N) is 1. The molecule has 5 atom stereocenters. The molecule has 2 aromatic rings. The summed E-state index contributed by atoms with van der Waals surface area (Å²) in [7, 11) is -4.51. The zero-order chi connectivity index (χ0) is 22.2. The molecule has 166 valence electrons. The van der Waals surface area contributed by atoms with Crippen LogP contribution in [0, 0.1) is 5.92 Å². The van der Waals surface area contributed by atoms with Crippen molar-refractivity contribution in [2.45, 2.75) is 44.4 Å². The zero-order valence-corrected chi connectivity index (χ0v) is 16.9. The lowest BCUT2D eigenvalue weighted by molar-refractivity contribution is -0.121. The van der Waals surface area contributed by atoms with Gasteiger partial charge in [0.05, 0.1) is 19.0 Å². The molecule has 1 aliphatic rings. The molecule has 3 heterocycles. The lowest BCUT2D eigenvalue weighted by Gasteiger charge is -2.17. The van der Waals surface area contributed by atoms with Crippen LogP contribution in [0.1, 0.15) is 20.1 Å². The Morgan fingerprint density at radius 2 is 2.03 bits per heavy atom. The first-order valence-corrected chi connectivity index (χ1v) is 10.3. The van der Waals surface area contributed by atoms with Crippen LogP contribution < -0.4 is 16.2 Å². The summed E-state index contributed by atoms with van der Waals surface area (Å²) in [6, 6.07) is -1.05. The largest absolute Gasteiger partial charge is 0.387 e. The fourth-order valence-corrected chi connectivity index (χ4v) is 3.59. The Labute approximate surface area is 171 Å². The molecule has 14 nitrogen and oxygen atoms in total. The number of aliphatic hydroxyl groups is 2. The molecule has 15 heteroatoms. The van der Waals surface area contributed by atoms with Gasteiger partial charge in [0.15, 0.2) is 17.7 Å². The summed E-state index contributed by atoms with van der Waals surface area (Å²) < 4.78 is 37.3. The number of ether oxygens (including phenoxy) is 1. The highest BCUT2D eigenvalue weighted by Gasteiger charge is 2.45. The van der Waals surface area contributed by atoms with Crippen molar-refractivity contribution in [3.05, 3.63) is 12.7 Å². The van der Waals surface area contributed by atoms with E-state index in [1.807, 2.05) is 0 Å². The number of hydrogen-bond donors (Lipinski definition) is 5. The van der Waals surface area contributed by atoms with Crippen LogP contribution in [-0.2, 0) is 24.0 Å². The molecule has 1 aliphatic heterocycles. The molecule has 0 bridgehead atoms. The highest BCUT2D eigenvalue weighted by atomic mass is 32.2. The number of imidazole rings is 1. The van der Waals surface area contributed by atoms with Gasteiger partial charge in [-0.05, 0) is 5.92 Å². The van der Waals surface area contributed by atoms with Gasteiger partial charge < -0.3 is 26.4 Å². The Morgan fingerprint density at radius 3 is 2.70 bits per heavy atom. The quantitative estimate of drug-likeness (QED) is 0.296. The van der Waals surface area contributed by atoms with E-state index in [1.165, 1.54) is 17.2 Å². The number of nitrogens with zero attached hydrogens (tertiary/aromatic N) is 4. The van der Waals surface area contributed by atoms with Gasteiger partial charge in [0, 0.05) is 0 Å². The van der Waals surface area contributed by atoms with E-state index in [0.717, 1.165) is 0 Å². The van der Waals surface area contributed by atoms with Crippen molar-refractivity contribution in [2.75, 3.05) is 12.3 Å². The first-order valence-electron chi connectivity index (χ1n) is 8.93. The van der Waals surface area contributed by atoms with Crippen LogP contribution in [-0.4, -0.2) is 75.0 Å². The number of amides is 1. The molecular formula is C15H23N7O7S. The van der Waals surface area contributed by atoms with E-state index >= 15 is 0 Å². The summed E-state index contributed by atoms with van der Waals surface area (Å²) >= 11 is 0. The van der Waals surface area contributed by atoms with Crippen molar-refractivity contribution in [2.24, 2.45) is 11.7 Å². The Bertz CT molecular complexity index is 1030. The Balaban J connectivity index is 1.68. The SMILES string of the molecule is CC(C)[C@@H](N)C(=O)NS(=O)(=O)OC[C@H]1O[C@@H](n2cnc3c(N)ncnc32)[C@H](O)[C@@H]1O. The predicted molar refractivity (Wildman–Crippen MR) is 101 cm³/mol. The van der Waals surface area contributed by atoms with Gasteiger partial charge in [-0.3, -0.25) is 13.5 Å². The average molecular weight is 445 g/mol. The molecule has 0 aliphatic carbocycles. The Hall–Kier alpha value is -2.43. The highest BCUT2D eigenvalue weighted by Crippen LogP contribution is 2.32. The topological polar surface area (TPSA) is 218 Å². The number of nitrogen functional groups attached to an aromatic ring is 1. The molecule has 0 spiro atoms. The van der Waals surface area contributed by atoms with E-state index < -0.39 is 53.4 Å². The number of hydrogen-bond acceptors (Lipinski definition) is 12. The number of aromatic nitrogens is 4. The fraction of sp³-hybridized carbons (Fsp3) is 0.600. The number of rotatable bonds is 7. The third-order valence-corrected chi connectivity index (χ3v) is 5.53. The van der Waals surface area contributed by atoms with Crippen molar-refractivity contribution in [1.29, 1.82) is 0 Å². The Morgan fingerprint density at radius 1 is 1.33 bits per heavy atom. The molecule has 0 aromatic carbocycles. The first kappa shape index (κ1) is 22.3. The van der Waals surface area contributed by atoms with E-state index in [9.17, 15) is 23.4 Å². The molecule has 0 radical (unpaired) electrons. The lowest BCUT2D eigenvalue weighted by Crippen LogP contribution is -2.47. The van der Waals surface area contributed by atoms with Gasteiger partial charge in [0.1, 0.15) is 30.2 Å². The maximum atomic E-state index is 12.0. The summed E-state index contributed by atoms with van der Waals surface area (Å²) in [5, 5.41) is 20.6. The van der Waals surface area contributed by atoms with Gasteiger partial charge in [-0.1, -0.05) is 13.8 Å². The van der Waals surface area contributed by atoms with Gasteiger partial charge in [-0.15, -0.1) is 0 Å². The molecule has 2 aromatic heterocycles. The normalized spacial score (nSPS) is 25.7. The number of aliphatic hydroxyl groups excluding tert-OH is 2. The van der Waals surface area contributed by atoms with Gasteiger partial charge in [-0.25, -0.2) is 19.7 Å². The summed E-state index contributed by atoms with van der Waals surface area (Å²) in [6.45, 7) is 2.64. The first-order chi connectivity index (χ1) is 14.0. The summed E-state index contributed by atoms with van der Waals surface area (Å²) in [4.78, 5) is 23.7. The highest BCUT2D eigenvalue weighted by molar-refractivity contribution is 7.85.